The van der Waals surface area contributed by atoms with Crippen molar-refractivity contribution in [2.75, 3.05) is 0 Å². The minimum atomic E-state index is -0.363. The summed E-state index contributed by atoms with van der Waals surface area (Å²) >= 11 is 1.35. The van der Waals surface area contributed by atoms with E-state index in [1.807, 2.05) is 29.5 Å². The van der Waals surface area contributed by atoms with Crippen LogP contribution in [0.1, 0.15) is 12.7 Å². The SMILES string of the molecule is CCn1c(=O)c2ccccc2n2c(CSc3n[nH]c(-c4ccccc4F)n3)nnc12. The lowest BCUT2D eigenvalue weighted by molar-refractivity contribution is 0.630. The fourth-order valence-electron chi connectivity index (χ4n) is 3.41. The second-order valence-corrected chi connectivity index (χ2v) is 7.50. The number of nitrogens with zero attached hydrogens (tertiary/aromatic N) is 6. The third-order valence-electron chi connectivity index (χ3n) is 4.82. The van der Waals surface area contributed by atoms with E-state index in [1.54, 1.807) is 28.8 Å². The number of nitrogens with one attached hydrogen (secondary N) is 1. The molecule has 0 amide bonds. The van der Waals surface area contributed by atoms with Crippen LogP contribution in [0.4, 0.5) is 4.39 Å². The molecule has 5 aromatic rings. The number of aromatic amines is 1. The molecule has 0 bridgehead atoms. The van der Waals surface area contributed by atoms with Crippen LogP contribution in [0.5, 0.6) is 0 Å². The van der Waals surface area contributed by atoms with Crippen LogP contribution in [0.25, 0.3) is 28.1 Å². The monoisotopic (exact) mass is 421 g/mol. The molecule has 0 spiro atoms. The van der Waals surface area contributed by atoms with E-state index in [1.165, 1.54) is 17.8 Å². The summed E-state index contributed by atoms with van der Waals surface area (Å²) < 4.78 is 17.5. The summed E-state index contributed by atoms with van der Waals surface area (Å²) in [6, 6.07) is 13.8. The van der Waals surface area contributed by atoms with Crippen LogP contribution in [0.15, 0.2) is 58.5 Å². The molecule has 0 aliphatic rings. The van der Waals surface area contributed by atoms with E-state index in [0.29, 0.717) is 45.8 Å². The van der Waals surface area contributed by atoms with Gasteiger partial charge >= 0.3 is 0 Å². The summed E-state index contributed by atoms with van der Waals surface area (Å²) in [5.41, 5.74) is 1.03. The summed E-state index contributed by atoms with van der Waals surface area (Å²) in [6.45, 7) is 2.39. The van der Waals surface area contributed by atoms with E-state index in [0.717, 1.165) is 5.52 Å². The van der Waals surface area contributed by atoms with Crippen LogP contribution >= 0.6 is 11.8 Å². The highest BCUT2D eigenvalue weighted by Gasteiger charge is 2.17. The summed E-state index contributed by atoms with van der Waals surface area (Å²) in [6.07, 6.45) is 0. The first-order valence-electron chi connectivity index (χ1n) is 9.33. The summed E-state index contributed by atoms with van der Waals surface area (Å²) in [5.74, 6) is 1.61. The molecule has 0 saturated heterocycles. The molecule has 150 valence electrons. The van der Waals surface area contributed by atoms with Gasteiger partial charge in [-0.05, 0) is 31.2 Å². The predicted molar refractivity (Wildman–Crippen MR) is 112 cm³/mol. The zero-order valence-electron chi connectivity index (χ0n) is 15.9. The Morgan fingerprint density at radius 3 is 2.73 bits per heavy atom. The maximum Gasteiger partial charge on any atom is 0.262 e. The van der Waals surface area contributed by atoms with Gasteiger partial charge in [0.05, 0.1) is 22.2 Å². The molecule has 3 aromatic heterocycles. The van der Waals surface area contributed by atoms with Crippen LogP contribution in [-0.4, -0.2) is 34.3 Å². The van der Waals surface area contributed by atoms with E-state index in [2.05, 4.69) is 25.4 Å². The van der Waals surface area contributed by atoms with Crippen molar-refractivity contribution in [1.29, 1.82) is 0 Å². The van der Waals surface area contributed by atoms with Gasteiger partial charge in [-0.15, -0.1) is 15.3 Å². The van der Waals surface area contributed by atoms with Gasteiger partial charge in [0, 0.05) is 6.54 Å². The van der Waals surface area contributed by atoms with Gasteiger partial charge in [-0.1, -0.05) is 36.0 Å². The second kappa shape index (κ2) is 7.38. The van der Waals surface area contributed by atoms with Gasteiger partial charge in [0.15, 0.2) is 5.82 Å². The number of halogens is 1. The molecule has 30 heavy (non-hydrogen) atoms. The Morgan fingerprint density at radius 2 is 1.90 bits per heavy atom. The van der Waals surface area contributed by atoms with Crippen LogP contribution < -0.4 is 5.56 Å². The lowest BCUT2D eigenvalue weighted by Crippen LogP contribution is -2.22. The molecule has 0 saturated carbocycles. The van der Waals surface area contributed by atoms with Gasteiger partial charge in [0.1, 0.15) is 11.6 Å². The quantitative estimate of drug-likeness (QED) is 0.438. The molecule has 1 N–H and O–H groups in total. The largest absolute Gasteiger partial charge is 0.277 e. The highest BCUT2D eigenvalue weighted by atomic mass is 32.2. The summed E-state index contributed by atoms with van der Waals surface area (Å²) in [5, 5.41) is 16.6. The molecular weight excluding hydrogens is 405 g/mol. The number of hydrogen-bond donors (Lipinski definition) is 1. The number of thioether (sulfide) groups is 1. The summed E-state index contributed by atoms with van der Waals surface area (Å²) in [4.78, 5) is 17.1. The molecule has 0 unspecified atom stereocenters. The Labute approximate surface area is 173 Å². The molecule has 8 nitrogen and oxygen atoms in total. The Morgan fingerprint density at radius 1 is 1.10 bits per heavy atom. The molecule has 2 aromatic carbocycles. The maximum atomic E-state index is 14.0. The van der Waals surface area contributed by atoms with Gasteiger partial charge in [0.25, 0.3) is 5.56 Å². The molecule has 0 atom stereocenters. The standard InChI is InChI=1S/C20H16FN7OS/c1-2-27-18(29)13-8-4-6-10-15(13)28-16(23-26-20(27)28)11-30-19-22-17(24-25-19)12-7-3-5-9-14(12)21/h3-10H,2,11H2,1H3,(H,22,24,25). The van der Waals surface area contributed by atoms with E-state index in [4.69, 9.17) is 0 Å². The molecule has 5 rings (SSSR count). The van der Waals surface area contributed by atoms with Crippen LogP contribution in [0.2, 0.25) is 0 Å². The molecular formula is C20H16FN7OS. The number of aromatic nitrogens is 7. The third kappa shape index (κ3) is 2.96. The van der Waals surface area contributed by atoms with Gasteiger partial charge in [-0.2, -0.15) is 0 Å². The van der Waals surface area contributed by atoms with Crippen molar-refractivity contribution in [1.82, 2.24) is 34.3 Å². The average Bonchev–Trinajstić information content (AvgIpc) is 3.40. The topological polar surface area (TPSA) is 93.8 Å². The molecule has 0 aliphatic carbocycles. The molecule has 0 fully saturated rings. The lowest BCUT2D eigenvalue weighted by atomic mass is 10.2. The van der Waals surface area contributed by atoms with Crippen molar-refractivity contribution in [2.24, 2.45) is 0 Å². The van der Waals surface area contributed by atoms with Crippen molar-refractivity contribution >= 4 is 28.4 Å². The minimum Gasteiger partial charge on any atom is -0.277 e. The second-order valence-electron chi connectivity index (χ2n) is 6.55. The first kappa shape index (κ1) is 18.5. The lowest BCUT2D eigenvalue weighted by Gasteiger charge is -2.09. The van der Waals surface area contributed by atoms with Crippen LogP contribution in [-0.2, 0) is 12.3 Å². The Hall–Kier alpha value is -3.53. The van der Waals surface area contributed by atoms with Crippen molar-refractivity contribution in [3.05, 3.63) is 70.5 Å². The van der Waals surface area contributed by atoms with Crippen molar-refractivity contribution in [2.45, 2.75) is 24.4 Å². The van der Waals surface area contributed by atoms with Crippen LogP contribution in [0.3, 0.4) is 0 Å². The Bertz CT molecular complexity index is 1440. The fraction of sp³-hybridized carbons (Fsp3) is 0.150. The van der Waals surface area contributed by atoms with E-state index in [9.17, 15) is 9.18 Å². The minimum absolute atomic E-state index is 0.0873. The van der Waals surface area contributed by atoms with E-state index >= 15 is 0 Å². The molecule has 0 aliphatic heterocycles. The molecule has 0 radical (unpaired) electrons. The highest BCUT2D eigenvalue weighted by molar-refractivity contribution is 7.98. The first-order valence-corrected chi connectivity index (χ1v) is 10.3. The smallest absolute Gasteiger partial charge is 0.262 e. The Balaban J connectivity index is 1.51. The number of para-hydroxylation sites is 1. The number of benzene rings is 2. The van der Waals surface area contributed by atoms with Crippen molar-refractivity contribution in [3.8, 4) is 11.4 Å². The van der Waals surface area contributed by atoms with Crippen molar-refractivity contribution in [3.63, 3.8) is 0 Å². The number of aryl methyl sites for hydroxylation is 1. The summed E-state index contributed by atoms with van der Waals surface area (Å²) in [7, 11) is 0. The third-order valence-corrected chi connectivity index (χ3v) is 5.66. The first-order chi connectivity index (χ1) is 14.7. The van der Waals surface area contributed by atoms with E-state index < -0.39 is 0 Å². The number of hydrogen-bond acceptors (Lipinski definition) is 6. The van der Waals surface area contributed by atoms with E-state index in [-0.39, 0.29) is 11.4 Å². The fourth-order valence-corrected chi connectivity index (χ4v) is 4.12. The van der Waals surface area contributed by atoms with Gasteiger partial charge in [-0.3, -0.25) is 18.9 Å². The normalized spacial score (nSPS) is 11.5. The molecule has 3 heterocycles. The van der Waals surface area contributed by atoms with Gasteiger partial charge < -0.3 is 0 Å². The van der Waals surface area contributed by atoms with Gasteiger partial charge in [0.2, 0.25) is 10.9 Å². The average molecular weight is 421 g/mol. The zero-order valence-corrected chi connectivity index (χ0v) is 16.7. The number of rotatable bonds is 5. The number of fused-ring (bicyclic) bond motifs is 3. The predicted octanol–water partition coefficient (Wildman–Crippen LogP) is 3.28. The maximum absolute atomic E-state index is 14.0. The highest BCUT2D eigenvalue weighted by Crippen LogP contribution is 2.24. The zero-order chi connectivity index (χ0) is 20.7. The van der Waals surface area contributed by atoms with Crippen molar-refractivity contribution < 1.29 is 4.39 Å². The number of H-pyrrole nitrogens is 1. The van der Waals surface area contributed by atoms with Crippen LogP contribution in [0, 0.1) is 5.82 Å². The molecule has 10 heteroatoms. The Kier molecular flexibility index (Phi) is 4.55. The van der Waals surface area contributed by atoms with Gasteiger partial charge in [-0.25, -0.2) is 9.37 Å².